The van der Waals surface area contributed by atoms with E-state index >= 15 is 0 Å². The van der Waals surface area contributed by atoms with Crippen LogP contribution >= 0.6 is 15.9 Å². The molecule has 1 aromatic rings. The molecule has 0 amide bonds. The molecule has 0 spiro atoms. The van der Waals surface area contributed by atoms with Crippen LogP contribution in [0.15, 0.2) is 21.8 Å². The fraction of sp³-hybridized carbons (Fsp3) is 0. The van der Waals surface area contributed by atoms with Crippen molar-refractivity contribution in [1.82, 2.24) is 10.4 Å². The van der Waals surface area contributed by atoms with Crippen LogP contribution in [0.3, 0.4) is 0 Å². The Hall–Kier alpha value is -1.47. The first-order chi connectivity index (χ1) is 6.72. The highest BCUT2D eigenvalue weighted by Gasteiger charge is 2.10. The Kier molecular flexibility index (Phi) is 3.55. The molecule has 14 heavy (non-hydrogen) atoms. The van der Waals surface area contributed by atoms with E-state index in [0.717, 1.165) is 0 Å². The largest absolute Gasteiger partial charge is 0.321 e. The van der Waals surface area contributed by atoms with Gasteiger partial charge in [-0.15, -0.1) is 0 Å². The maximum atomic E-state index is 10.7. The monoisotopic (exact) mass is 257 g/mol. The zero-order chi connectivity index (χ0) is 10.6. The van der Waals surface area contributed by atoms with E-state index in [9.17, 15) is 4.79 Å². The minimum atomic E-state index is 0.147. The van der Waals surface area contributed by atoms with Crippen LogP contribution in [0.2, 0.25) is 0 Å². The summed E-state index contributed by atoms with van der Waals surface area (Å²) in [5.41, 5.74) is 2.91. The minimum Gasteiger partial charge on any atom is -0.321 e. The number of nitrogens with one attached hydrogen (secondary N) is 1. The minimum absolute atomic E-state index is 0.147. The molecule has 1 rings (SSSR count). The molecule has 0 aliphatic carbocycles. The van der Waals surface area contributed by atoms with Crippen molar-refractivity contribution in [2.75, 3.05) is 0 Å². The third-order valence-electron chi connectivity index (χ3n) is 1.51. The molecule has 1 heterocycles. The molecule has 0 unspecified atom stereocenters. The molecule has 0 fully saturated rings. The van der Waals surface area contributed by atoms with E-state index in [-0.39, 0.29) is 5.84 Å². The van der Waals surface area contributed by atoms with Gasteiger partial charge in [0.25, 0.3) is 0 Å². The van der Waals surface area contributed by atoms with Gasteiger partial charge in [0.2, 0.25) is 0 Å². The number of rotatable bonds is 2. The summed E-state index contributed by atoms with van der Waals surface area (Å²) in [5, 5.41) is 3.36. The first-order valence-corrected chi connectivity index (χ1v) is 4.38. The number of halogens is 1. The van der Waals surface area contributed by atoms with Crippen LogP contribution in [-0.2, 0) is 0 Å². The molecule has 0 aliphatic heterocycles. The van der Waals surface area contributed by atoms with E-state index in [1.807, 2.05) is 0 Å². The average Bonchev–Trinajstić information content (AvgIpc) is 2.20. The summed E-state index contributed by atoms with van der Waals surface area (Å²) in [5.74, 6) is 10.4. The van der Waals surface area contributed by atoms with E-state index in [1.54, 1.807) is 12.1 Å². The lowest BCUT2D eigenvalue weighted by Crippen LogP contribution is -2.33. The van der Waals surface area contributed by atoms with Gasteiger partial charge in [0.15, 0.2) is 12.1 Å². The highest BCUT2D eigenvalue weighted by atomic mass is 79.9. The number of hydrogen-bond acceptors (Lipinski definition) is 5. The van der Waals surface area contributed by atoms with Crippen molar-refractivity contribution in [2.24, 2.45) is 16.8 Å². The molecule has 0 bridgehead atoms. The second-order valence-corrected chi connectivity index (χ2v) is 3.12. The van der Waals surface area contributed by atoms with Crippen LogP contribution < -0.4 is 17.1 Å². The first-order valence-electron chi connectivity index (χ1n) is 3.59. The lowest BCUT2D eigenvalue weighted by Gasteiger charge is -2.05. The van der Waals surface area contributed by atoms with Gasteiger partial charge in [-0.2, -0.15) is 5.10 Å². The topological polar surface area (TPSA) is 106 Å². The Morgan fingerprint density at radius 3 is 2.86 bits per heavy atom. The van der Waals surface area contributed by atoms with E-state index in [1.165, 1.54) is 0 Å². The molecule has 0 aliphatic rings. The Balaban J connectivity index is 3.29. The molecule has 5 N–H and O–H groups in total. The average molecular weight is 258 g/mol. The van der Waals surface area contributed by atoms with Crippen LogP contribution in [-0.4, -0.2) is 17.1 Å². The van der Waals surface area contributed by atoms with Crippen LogP contribution in [0.25, 0.3) is 0 Å². The molecule has 1 aromatic heterocycles. The van der Waals surface area contributed by atoms with Crippen LogP contribution in [0.5, 0.6) is 0 Å². The highest BCUT2D eigenvalue weighted by molar-refractivity contribution is 9.10. The van der Waals surface area contributed by atoms with Gasteiger partial charge in [-0.05, 0) is 28.1 Å². The Bertz CT molecular complexity index is 378. The van der Waals surface area contributed by atoms with Crippen molar-refractivity contribution >= 4 is 28.1 Å². The summed E-state index contributed by atoms with van der Waals surface area (Å²) in [7, 11) is 0. The van der Waals surface area contributed by atoms with Crippen LogP contribution in [0.1, 0.15) is 16.1 Å². The number of amidine groups is 1. The van der Waals surface area contributed by atoms with Crippen molar-refractivity contribution in [2.45, 2.75) is 0 Å². The number of carbonyl (C=O) groups excluding carboxylic acids is 1. The van der Waals surface area contributed by atoms with Crippen LogP contribution in [0, 0.1) is 0 Å². The zero-order valence-electron chi connectivity index (χ0n) is 7.07. The second kappa shape index (κ2) is 4.68. The zero-order valence-corrected chi connectivity index (χ0v) is 8.65. The number of nitrogens with zero attached hydrogens (tertiary/aromatic N) is 2. The van der Waals surface area contributed by atoms with E-state index in [2.05, 4.69) is 31.4 Å². The van der Waals surface area contributed by atoms with Crippen LogP contribution in [0.4, 0.5) is 0 Å². The van der Waals surface area contributed by atoms with Crippen molar-refractivity contribution in [3.05, 3.63) is 28.0 Å². The number of hydrazine groups is 1. The van der Waals surface area contributed by atoms with E-state index < -0.39 is 0 Å². The summed E-state index contributed by atoms with van der Waals surface area (Å²) in [6.45, 7) is 0. The molecule has 0 aromatic carbocycles. The van der Waals surface area contributed by atoms with Gasteiger partial charge in [-0.3, -0.25) is 4.79 Å². The fourth-order valence-electron chi connectivity index (χ4n) is 0.898. The van der Waals surface area contributed by atoms with Gasteiger partial charge >= 0.3 is 0 Å². The normalized spacial score (nSPS) is 11.1. The van der Waals surface area contributed by atoms with E-state index in [0.29, 0.717) is 22.1 Å². The van der Waals surface area contributed by atoms with Gasteiger partial charge in [0.05, 0.1) is 0 Å². The molecule has 0 atom stereocenters. The molecular formula is C7H8BrN5O. The number of pyridine rings is 1. The maximum absolute atomic E-state index is 10.7. The quantitative estimate of drug-likeness (QED) is 0.169. The van der Waals surface area contributed by atoms with Gasteiger partial charge in [-0.1, -0.05) is 0 Å². The lowest BCUT2D eigenvalue weighted by atomic mass is 10.2. The number of hydrogen-bond donors (Lipinski definition) is 3. The Morgan fingerprint density at radius 1 is 1.64 bits per heavy atom. The predicted molar refractivity (Wildman–Crippen MR) is 55.4 cm³/mol. The number of hydrazone groups is 1. The molecule has 7 heteroatoms. The molecule has 0 radical (unpaired) electrons. The number of aldehydes is 1. The van der Waals surface area contributed by atoms with E-state index in [4.69, 9.17) is 11.7 Å². The van der Waals surface area contributed by atoms with Crippen molar-refractivity contribution in [3.8, 4) is 0 Å². The summed E-state index contributed by atoms with van der Waals surface area (Å²) in [6, 6.07) is 3.22. The smallest absolute Gasteiger partial charge is 0.186 e. The third kappa shape index (κ3) is 2.06. The highest BCUT2D eigenvalue weighted by Crippen LogP contribution is 2.10. The van der Waals surface area contributed by atoms with Gasteiger partial charge in [0.1, 0.15) is 10.3 Å². The standard InChI is InChI=1S/C7H8BrN5O/c8-5-2-1-4(3-14)6(11-5)7(12-9)13-10/h1-3H,9-10H2,(H,12,13). The van der Waals surface area contributed by atoms with Crippen molar-refractivity contribution < 1.29 is 4.79 Å². The maximum Gasteiger partial charge on any atom is 0.186 e. The number of carbonyl (C=O) groups is 1. The molecular weight excluding hydrogens is 250 g/mol. The predicted octanol–water partition coefficient (Wildman–Crippen LogP) is -0.260. The summed E-state index contributed by atoms with van der Waals surface area (Å²) < 4.78 is 0.564. The van der Waals surface area contributed by atoms with Gasteiger partial charge in [0, 0.05) is 5.56 Å². The Morgan fingerprint density at radius 2 is 2.36 bits per heavy atom. The SMILES string of the molecule is N/N=C(\NN)c1nc(Br)ccc1C=O. The number of aromatic nitrogens is 1. The summed E-state index contributed by atoms with van der Waals surface area (Å²) in [6.07, 6.45) is 0.650. The molecule has 0 saturated carbocycles. The molecule has 74 valence electrons. The Labute approximate surface area is 88.5 Å². The fourth-order valence-corrected chi connectivity index (χ4v) is 1.21. The lowest BCUT2D eigenvalue weighted by molar-refractivity contribution is 0.112. The third-order valence-corrected chi connectivity index (χ3v) is 1.95. The van der Waals surface area contributed by atoms with Gasteiger partial charge in [-0.25, -0.2) is 10.8 Å². The summed E-state index contributed by atoms with van der Waals surface area (Å²) in [4.78, 5) is 14.7. The van der Waals surface area contributed by atoms with Gasteiger partial charge < -0.3 is 11.3 Å². The molecule has 0 saturated heterocycles. The second-order valence-electron chi connectivity index (χ2n) is 2.31. The summed E-state index contributed by atoms with van der Waals surface area (Å²) >= 11 is 3.16. The van der Waals surface area contributed by atoms with Crippen molar-refractivity contribution in [3.63, 3.8) is 0 Å². The number of nitrogens with two attached hydrogens (primary N) is 2. The van der Waals surface area contributed by atoms with Crippen molar-refractivity contribution in [1.29, 1.82) is 0 Å². The first kappa shape index (κ1) is 10.6. The molecule has 6 nitrogen and oxygen atoms in total.